The third-order valence-electron chi connectivity index (χ3n) is 5.79. The maximum atomic E-state index is 13.0. The van der Waals surface area contributed by atoms with Crippen molar-refractivity contribution in [1.82, 2.24) is 14.5 Å². The van der Waals surface area contributed by atoms with Gasteiger partial charge in [0, 0.05) is 20.1 Å². The molecule has 0 aliphatic carbocycles. The zero-order valence-corrected chi connectivity index (χ0v) is 20.2. The number of ether oxygens (including phenoxy) is 4. The molecule has 0 radical (unpaired) electrons. The molecule has 2 heterocycles. The normalized spacial score (nSPS) is 16.2. The number of nitrogens with one attached hydrogen (secondary N) is 1. The van der Waals surface area contributed by atoms with Crippen LogP contribution in [0, 0.1) is 0 Å². The number of hydrogen-bond acceptors (Lipinski definition) is 8. The molecule has 3 rings (SSSR count). The standard InChI is InChI=1S/C24H35N3O8/c1-26-22-18(5-3-10-32-12-14-34-16-17-35-15-13-33-11-9-28)4-2-6-19(22)27(24(26)31)20-7-8-21(29)25-23(20)30/h2,4,6,20,28H,3,5,7-17H2,1H3,(H,25,29,30). The number of hydrogen-bond donors (Lipinski definition) is 2. The number of piperidine rings is 1. The summed E-state index contributed by atoms with van der Waals surface area (Å²) in [5.41, 5.74) is 2.23. The van der Waals surface area contributed by atoms with Crippen LogP contribution in [0.3, 0.4) is 0 Å². The summed E-state index contributed by atoms with van der Waals surface area (Å²) in [7, 11) is 1.70. The Morgan fingerprint density at radius 1 is 0.943 bits per heavy atom. The van der Waals surface area contributed by atoms with Crippen molar-refractivity contribution in [2.75, 3.05) is 59.5 Å². The lowest BCUT2D eigenvalue weighted by molar-refractivity contribution is -0.135. The lowest BCUT2D eigenvalue weighted by Crippen LogP contribution is -2.44. The molecule has 1 atom stereocenters. The molecule has 2 N–H and O–H groups in total. The second-order valence-corrected chi connectivity index (χ2v) is 8.24. The summed E-state index contributed by atoms with van der Waals surface area (Å²) in [6, 6.07) is 5.01. The molecule has 0 bridgehead atoms. The number of imide groups is 1. The number of aliphatic hydroxyl groups excluding tert-OH is 1. The van der Waals surface area contributed by atoms with Crippen molar-refractivity contribution in [3.63, 3.8) is 0 Å². The van der Waals surface area contributed by atoms with Gasteiger partial charge in [-0.05, 0) is 30.9 Å². The third kappa shape index (κ3) is 7.45. The number of rotatable bonds is 16. The van der Waals surface area contributed by atoms with Gasteiger partial charge >= 0.3 is 5.69 Å². The number of para-hydroxylation sites is 1. The van der Waals surface area contributed by atoms with Crippen molar-refractivity contribution in [3.05, 3.63) is 34.2 Å². The van der Waals surface area contributed by atoms with Crippen LogP contribution in [-0.2, 0) is 42.0 Å². The van der Waals surface area contributed by atoms with Gasteiger partial charge in [0.05, 0.1) is 63.9 Å². The molecule has 1 unspecified atom stereocenters. The summed E-state index contributed by atoms with van der Waals surface area (Å²) >= 11 is 0. The van der Waals surface area contributed by atoms with Crippen LogP contribution in [0.2, 0.25) is 0 Å². The fraction of sp³-hybridized carbons (Fsp3) is 0.625. The highest BCUT2D eigenvalue weighted by Crippen LogP contribution is 2.25. The van der Waals surface area contributed by atoms with Crippen LogP contribution in [-0.4, -0.2) is 85.5 Å². The predicted molar refractivity (Wildman–Crippen MR) is 127 cm³/mol. The maximum Gasteiger partial charge on any atom is 0.329 e. The predicted octanol–water partition coefficient (Wildman–Crippen LogP) is 0.309. The second-order valence-electron chi connectivity index (χ2n) is 8.24. The average molecular weight is 494 g/mol. The van der Waals surface area contributed by atoms with Crippen LogP contribution in [0.25, 0.3) is 11.0 Å². The highest BCUT2D eigenvalue weighted by Gasteiger charge is 2.31. The molecule has 194 valence electrons. The SMILES string of the molecule is Cn1c(=O)n(C2CCC(=O)NC2=O)c2cccc(CCCOCCOCCOCCOCCO)c21. The van der Waals surface area contributed by atoms with E-state index in [4.69, 9.17) is 24.1 Å². The van der Waals surface area contributed by atoms with Gasteiger partial charge in [-0.3, -0.25) is 24.0 Å². The number of carbonyl (C=O) groups is 2. The molecule has 1 aliphatic rings. The zero-order chi connectivity index (χ0) is 25.0. The first-order valence-corrected chi connectivity index (χ1v) is 12.0. The van der Waals surface area contributed by atoms with E-state index in [1.165, 1.54) is 4.57 Å². The molecule has 1 saturated heterocycles. The topological polar surface area (TPSA) is 130 Å². The minimum absolute atomic E-state index is 0.0105. The Hall–Kier alpha value is -2.57. The molecule has 1 aromatic carbocycles. The van der Waals surface area contributed by atoms with Crippen LogP contribution < -0.4 is 11.0 Å². The molecule has 0 saturated carbocycles. The van der Waals surface area contributed by atoms with Crippen molar-refractivity contribution in [1.29, 1.82) is 0 Å². The monoisotopic (exact) mass is 493 g/mol. The van der Waals surface area contributed by atoms with Crippen molar-refractivity contribution >= 4 is 22.8 Å². The summed E-state index contributed by atoms with van der Waals surface area (Å²) in [6.07, 6.45) is 2.02. The molecule has 0 spiro atoms. The maximum absolute atomic E-state index is 13.0. The first kappa shape index (κ1) is 27.0. The van der Waals surface area contributed by atoms with Crippen molar-refractivity contribution in [2.45, 2.75) is 31.7 Å². The Bertz CT molecular complexity index is 1030. The van der Waals surface area contributed by atoms with E-state index in [-0.39, 0.29) is 24.6 Å². The number of aromatic nitrogens is 2. The molecule has 11 nitrogen and oxygen atoms in total. The van der Waals surface area contributed by atoms with Gasteiger partial charge in [-0.2, -0.15) is 0 Å². The van der Waals surface area contributed by atoms with Crippen molar-refractivity contribution < 1.29 is 33.6 Å². The first-order chi connectivity index (χ1) is 17.0. The molecule has 1 aromatic heterocycles. The van der Waals surface area contributed by atoms with Gasteiger partial charge in [-0.25, -0.2) is 4.79 Å². The molecular weight excluding hydrogens is 458 g/mol. The zero-order valence-electron chi connectivity index (χ0n) is 20.2. The van der Waals surface area contributed by atoms with E-state index in [1.807, 2.05) is 18.2 Å². The number of amides is 2. The summed E-state index contributed by atoms with van der Waals surface area (Å²) in [5.74, 6) is -0.741. The van der Waals surface area contributed by atoms with E-state index in [0.29, 0.717) is 64.8 Å². The lowest BCUT2D eigenvalue weighted by Gasteiger charge is -2.21. The number of nitrogens with zero attached hydrogens (tertiary/aromatic N) is 2. The highest BCUT2D eigenvalue weighted by molar-refractivity contribution is 6.00. The number of fused-ring (bicyclic) bond motifs is 1. The van der Waals surface area contributed by atoms with Gasteiger partial charge in [-0.15, -0.1) is 0 Å². The minimum atomic E-state index is -0.688. The van der Waals surface area contributed by atoms with E-state index >= 15 is 0 Å². The van der Waals surface area contributed by atoms with Crippen molar-refractivity contribution in [2.24, 2.45) is 7.05 Å². The Labute approximate surface area is 203 Å². The third-order valence-corrected chi connectivity index (χ3v) is 5.79. The fourth-order valence-electron chi connectivity index (χ4n) is 4.14. The van der Waals surface area contributed by atoms with Crippen LogP contribution in [0.15, 0.2) is 23.0 Å². The van der Waals surface area contributed by atoms with Gasteiger partial charge in [0.15, 0.2) is 0 Å². The molecule has 2 aromatic rings. The van der Waals surface area contributed by atoms with Gasteiger partial charge in [0.25, 0.3) is 0 Å². The number of benzene rings is 1. The van der Waals surface area contributed by atoms with E-state index in [1.54, 1.807) is 11.6 Å². The van der Waals surface area contributed by atoms with Crippen molar-refractivity contribution in [3.8, 4) is 0 Å². The summed E-state index contributed by atoms with van der Waals surface area (Å²) in [6.45, 7) is 3.71. The van der Waals surface area contributed by atoms with E-state index in [9.17, 15) is 14.4 Å². The van der Waals surface area contributed by atoms with Crippen LogP contribution in [0.5, 0.6) is 0 Å². The van der Waals surface area contributed by atoms with Gasteiger partial charge < -0.3 is 24.1 Å². The number of aliphatic hydroxyl groups is 1. The Morgan fingerprint density at radius 2 is 1.57 bits per heavy atom. The van der Waals surface area contributed by atoms with E-state index < -0.39 is 11.9 Å². The quantitative estimate of drug-likeness (QED) is 0.252. The van der Waals surface area contributed by atoms with Gasteiger partial charge in [0.1, 0.15) is 6.04 Å². The van der Waals surface area contributed by atoms with Crippen LogP contribution >= 0.6 is 0 Å². The van der Waals surface area contributed by atoms with Gasteiger partial charge in [0.2, 0.25) is 11.8 Å². The highest BCUT2D eigenvalue weighted by atomic mass is 16.6. The smallest absolute Gasteiger partial charge is 0.329 e. The van der Waals surface area contributed by atoms with Crippen LogP contribution in [0.4, 0.5) is 0 Å². The molecule has 2 amide bonds. The molecule has 1 aliphatic heterocycles. The summed E-state index contributed by atoms with van der Waals surface area (Å²) in [5, 5.41) is 10.9. The van der Waals surface area contributed by atoms with Crippen LogP contribution in [0.1, 0.15) is 30.9 Å². The number of aryl methyl sites for hydroxylation is 2. The lowest BCUT2D eigenvalue weighted by atomic mass is 10.0. The Kier molecular flexibility index (Phi) is 10.9. The number of imidazole rings is 1. The second kappa shape index (κ2) is 14.1. The largest absolute Gasteiger partial charge is 0.394 e. The minimum Gasteiger partial charge on any atom is -0.394 e. The summed E-state index contributed by atoms with van der Waals surface area (Å²) in [4.78, 5) is 36.8. The Morgan fingerprint density at radius 3 is 2.20 bits per heavy atom. The Balaban J connectivity index is 1.41. The first-order valence-electron chi connectivity index (χ1n) is 12.0. The molecule has 11 heteroatoms. The van der Waals surface area contributed by atoms with Gasteiger partial charge in [-0.1, -0.05) is 12.1 Å². The molecule has 1 fully saturated rings. The summed E-state index contributed by atoms with van der Waals surface area (Å²) < 4.78 is 24.6. The molecular formula is C24H35N3O8. The molecule has 35 heavy (non-hydrogen) atoms. The van der Waals surface area contributed by atoms with E-state index in [0.717, 1.165) is 23.9 Å². The average Bonchev–Trinajstić information content (AvgIpc) is 3.10. The number of carbonyl (C=O) groups excluding carboxylic acids is 2. The van der Waals surface area contributed by atoms with E-state index in [2.05, 4.69) is 5.32 Å². The fourth-order valence-corrected chi connectivity index (χ4v) is 4.14.